The van der Waals surface area contributed by atoms with Crippen molar-refractivity contribution in [3.8, 4) is 5.75 Å². The summed E-state index contributed by atoms with van der Waals surface area (Å²) in [5.74, 6) is 0.424. The van der Waals surface area contributed by atoms with E-state index in [1.165, 1.54) is 17.3 Å². The number of esters is 1. The van der Waals surface area contributed by atoms with Crippen LogP contribution in [0.1, 0.15) is 51.0 Å². The van der Waals surface area contributed by atoms with Gasteiger partial charge in [-0.15, -0.1) is 11.8 Å². The van der Waals surface area contributed by atoms with Crippen molar-refractivity contribution >= 4 is 57.7 Å². The fraction of sp³-hybridized carbons (Fsp3) is 0.263. The van der Waals surface area contributed by atoms with E-state index in [0.717, 1.165) is 22.0 Å². The molecule has 1 amide bonds. The van der Waals surface area contributed by atoms with E-state index in [-0.39, 0.29) is 24.3 Å². The van der Waals surface area contributed by atoms with Gasteiger partial charge in [-0.1, -0.05) is 83.9 Å². The number of rotatable bonds is 11. The van der Waals surface area contributed by atoms with E-state index in [2.05, 4.69) is 40.2 Å². The minimum Gasteiger partial charge on any atom is -0.497 e. The second-order valence-corrected chi connectivity index (χ2v) is 13.5. The maximum absolute atomic E-state index is 13.9. The van der Waals surface area contributed by atoms with Gasteiger partial charge in [0.15, 0.2) is 0 Å². The van der Waals surface area contributed by atoms with Gasteiger partial charge in [-0.25, -0.2) is 4.79 Å². The lowest BCUT2D eigenvalue weighted by Crippen LogP contribution is -2.50. The first kappa shape index (κ1) is 33.9. The summed E-state index contributed by atoms with van der Waals surface area (Å²) < 4.78 is 11.0. The first-order valence-corrected chi connectivity index (χ1v) is 17.7. The van der Waals surface area contributed by atoms with Crippen LogP contribution in [0.15, 0.2) is 97.1 Å². The van der Waals surface area contributed by atoms with Crippen molar-refractivity contribution in [1.29, 1.82) is 0 Å². The van der Waals surface area contributed by atoms with Crippen molar-refractivity contribution in [2.24, 2.45) is 0 Å². The minimum atomic E-state index is -0.463. The Kier molecular flexibility index (Phi) is 11.0. The number of nitrogens with zero attached hydrogens (tertiary/aromatic N) is 2. The van der Waals surface area contributed by atoms with Crippen LogP contribution in [-0.4, -0.2) is 72.3 Å². The summed E-state index contributed by atoms with van der Waals surface area (Å²) in [6.45, 7) is 4.63. The summed E-state index contributed by atoms with van der Waals surface area (Å²) in [6, 6.07) is 31.6. The van der Waals surface area contributed by atoms with E-state index < -0.39 is 11.2 Å². The third-order valence-corrected chi connectivity index (χ3v) is 10.5. The number of benzene rings is 4. The van der Waals surface area contributed by atoms with Gasteiger partial charge in [0.25, 0.3) is 0 Å². The van der Waals surface area contributed by atoms with Gasteiger partial charge in [-0.3, -0.25) is 9.69 Å². The van der Waals surface area contributed by atoms with Gasteiger partial charge in [0.1, 0.15) is 11.4 Å². The molecule has 0 saturated carbocycles. The van der Waals surface area contributed by atoms with Crippen LogP contribution in [0.3, 0.4) is 0 Å². The summed E-state index contributed by atoms with van der Waals surface area (Å²) in [4.78, 5) is 34.8. The van der Waals surface area contributed by atoms with Crippen molar-refractivity contribution < 1.29 is 19.1 Å². The van der Waals surface area contributed by atoms with Crippen LogP contribution in [0, 0.1) is 0 Å². The number of methoxy groups -OCH3 is 1. The van der Waals surface area contributed by atoms with Gasteiger partial charge >= 0.3 is 5.97 Å². The normalized spacial score (nSPS) is 14.9. The third-order valence-electron chi connectivity index (χ3n) is 8.66. The lowest BCUT2D eigenvalue weighted by Gasteiger charge is -2.40. The number of carbonyl (C=O) groups is 2. The van der Waals surface area contributed by atoms with Gasteiger partial charge < -0.3 is 19.4 Å². The predicted molar refractivity (Wildman–Crippen MR) is 194 cm³/mol. The molecule has 0 aliphatic carbocycles. The number of halogens is 2. The number of aromatic nitrogens is 1. The minimum absolute atomic E-state index is 0.0290. The molecule has 4 aromatic carbocycles. The molecular weight excluding hydrogens is 665 g/mol. The number of carbonyl (C=O) groups excluding carboxylic acids is 2. The highest BCUT2D eigenvalue weighted by atomic mass is 35.5. The number of piperazine rings is 1. The Balaban J connectivity index is 1.25. The summed E-state index contributed by atoms with van der Waals surface area (Å²) in [6.07, 6.45) is 0. The average molecular weight is 703 g/mol. The Morgan fingerprint density at radius 2 is 1.60 bits per heavy atom. The van der Waals surface area contributed by atoms with E-state index in [4.69, 9.17) is 32.7 Å². The molecule has 248 valence electrons. The zero-order chi connectivity index (χ0) is 33.6. The molecule has 0 bridgehead atoms. The fourth-order valence-corrected chi connectivity index (χ4v) is 8.17. The van der Waals surface area contributed by atoms with E-state index in [1.807, 2.05) is 71.6 Å². The highest BCUT2D eigenvalue weighted by Crippen LogP contribution is 2.45. The maximum Gasteiger partial charge on any atom is 0.355 e. The molecule has 1 N–H and O–H groups in total. The summed E-state index contributed by atoms with van der Waals surface area (Å²) >= 11 is 14.6. The summed E-state index contributed by atoms with van der Waals surface area (Å²) in [7, 11) is 1.61. The van der Waals surface area contributed by atoms with Crippen molar-refractivity contribution in [2.75, 3.05) is 45.6 Å². The average Bonchev–Trinajstić information content (AvgIpc) is 3.49. The van der Waals surface area contributed by atoms with Crippen molar-refractivity contribution in [3.05, 3.63) is 135 Å². The Morgan fingerprint density at radius 3 is 2.31 bits per heavy atom. The zero-order valence-electron chi connectivity index (χ0n) is 26.8. The Hall–Kier alpha value is -3.95. The number of fused-ring (bicyclic) bond motifs is 1. The van der Waals surface area contributed by atoms with Crippen LogP contribution >= 0.6 is 35.0 Å². The fourth-order valence-electron chi connectivity index (χ4n) is 6.37. The molecule has 1 aliphatic heterocycles. The van der Waals surface area contributed by atoms with Crippen LogP contribution in [0.4, 0.5) is 0 Å². The molecule has 2 unspecified atom stereocenters. The lowest BCUT2D eigenvalue weighted by molar-refractivity contribution is -0.130. The standard InChI is InChI=1S/C38H37Cl2N3O4S/c1-3-47-38(45)35-34(30-23-28(46-2)16-17-32(30)41-35)37(29-14-7-8-15-31(29)40)48-24-33(44)42-18-20-43(21-19-42)36(25-10-5-4-6-11-25)26-12-9-13-27(39)22-26/h4-17,22-23,36-37,41H,3,18-21,24H2,1-2H3. The second-order valence-electron chi connectivity index (χ2n) is 11.5. The van der Waals surface area contributed by atoms with Gasteiger partial charge in [0.05, 0.1) is 30.8 Å². The molecule has 5 aromatic rings. The SMILES string of the molecule is CCOC(=O)c1[nH]c2ccc(OC)cc2c1C(SCC(=O)N1CCN(C(c2ccccc2)c2cccc(Cl)c2)CC1)c1ccccc1Cl. The van der Waals surface area contributed by atoms with Gasteiger partial charge in [-0.05, 0) is 60.0 Å². The highest BCUT2D eigenvalue weighted by molar-refractivity contribution is 8.00. The topological polar surface area (TPSA) is 74.9 Å². The number of thioether (sulfide) groups is 1. The quantitative estimate of drug-likeness (QED) is 0.139. The zero-order valence-corrected chi connectivity index (χ0v) is 29.2. The Morgan fingerprint density at radius 1 is 0.875 bits per heavy atom. The van der Waals surface area contributed by atoms with Crippen molar-refractivity contribution in [1.82, 2.24) is 14.8 Å². The molecule has 1 aliphatic rings. The molecule has 2 heterocycles. The van der Waals surface area contributed by atoms with Crippen LogP contribution < -0.4 is 4.74 Å². The molecular formula is C38H37Cl2N3O4S. The third kappa shape index (κ3) is 7.37. The first-order chi connectivity index (χ1) is 23.4. The summed E-state index contributed by atoms with van der Waals surface area (Å²) in [5, 5.41) is 1.63. The monoisotopic (exact) mass is 701 g/mol. The van der Waals surface area contributed by atoms with Gasteiger partial charge in [0, 0.05) is 52.7 Å². The van der Waals surface area contributed by atoms with E-state index >= 15 is 0 Å². The second kappa shape index (κ2) is 15.5. The van der Waals surface area contributed by atoms with Crippen molar-refractivity contribution in [3.63, 3.8) is 0 Å². The molecule has 0 spiro atoms. The Bertz CT molecular complexity index is 1890. The van der Waals surface area contributed by atoms with E-state index in [9.17, 15) is 9.59 Å². The molecule has 1 aromatic heterocycles. The number of hydrogen-bond acceptors (Lipinski definition) is 6. The van der Waals surface area contributed by atoms with E-state index in [1.54, 1.807) is 14.0 Å². The molecule has 2 atom stereocenters. The smallest absolute Gasteiger partial charge is 0.355 e. The first-order valence-electron chi connectivity index (χ1n) is 15.9. The van der Waals surface area contributed by atoms with Crippen LogP contribution in [0.2, 0.25) is 10.0 Å². The largest absolute Gasteiger partial charge is 0.497 e. The number of hydrogen-bond donors (Lipinski definition) is 1. The summed E-state index contributed by atoms with van der Waals surface area (Å²) in [5.41, 5.74) is 4.94. The molecule has 7 nitrogen and oxygen atoms in total. The number of amides is 1. The molecule has 1 fully saturated rings. The molecule has 1 saturated heterocycles. The van der Waals surface area contributed by atoms with Crippen LogP contribution in [0.25, 0.3) is 10.9 Å². The number of H-pyrrole nitrogens is 1. The lowest BCUT2D eigenvalue weighted by atomic mass is 9.96. The molecule has 0 radical (unpaired) electrons. The maximum atomic E-state index is 13.9. The highest BCUT2D eigenvalue weighted by Gasteiger charge is 2.32. The van der Waals surface area contributed by atoms with Crippen molar-refractivity contribution in [2.45, 2.75) is 18.2 Å². The molecule has 10 heteroatoms. The number of ether oxygens (including phenoxy) is 2. The molecule has 6 rings (SSSR count). The predicted octanol–water partition coefficient (Wildman–Crippen LogP) is 8.42. The van der Waals surface area contributed by atoms with Crippen LogP contribution in [-0.2, 0) is 9.53 Å². The number of aromatic amines is 1. The number of nitrogens with one attached hydrogen (secondary N) is 1. The van der Waals surface area contributed by atoms with Gasteiger partial charge in [-0.2, -0.15) is 0 Å². The Labute approximate surface area is 295 Å². The molecule has 48 heavy (non-hydrogen) atoms. The van der Waals surface area contributed by atoms with Gasteiger partial charge in [0.2, 0.25) is 5.91 Å². The van der Waals surface area contributed by atoms with Crippen LogP contribution in [0.5, 0.6) is 5.75 Å². The van der Waals surface area contributed by atoms with E-state index in [0.29, 0.717) is 53.2 Å².